The summed E-state index contributed by atoms with van der Waals surface area (Å²) in [5.41, 5.74) is 0.467. The van der Waals surface area contributed by atoms with Crippen molar-refractivity contribution in [1.82, 2.24) is 0 Å². The average Bonchev–Trinajstić information content (AvgIpc) is 2.71. The maximum absolute atomic E-state index is 12.4. The van der Waals surface area contributed by atoms with Gasteiger partial charge in [0, 0.05) is 17.7 Å². The molecule has 2 aromatic carbocycles. The number of carboxylic acid groups (broad SMARTS) is 1. The maximum Gasteiger partial charge on any atom is 0.426 e. The number of ether oxygens (including phenoxy) is 2. The molecule has 0 aromatic heterocycles. The third-order valence-corrected chi connectivity index (χ3v) is 4.71. The fourth-order valence-electron chi connectivity index (χ4n) is 2.40. The fourth-order valence-corrected chi connectivity index (χ4v) is 3.04. The Morgan fingerprint density at radius 2 is 1.78 bits per heavy atom. The van der Waals surface area contributed by atoms with Crippen molar-refractivity contribution in [2.45, 2.75) is 12.8 Å². The zero-order valence-electron chi connectivity index (χ0n) is 16.3. The van der Waals surface area contributed by atoms with Crippen molar-refractivity contribution in [1.29, 1.82) is 0 Å². The second kappa shape index (κ2) is 11.3. The number of benzene rings is 2. The van der Waals surface area contributed by atoms with Gasteiger partial charge in [-0.05, 0) is 11.6 Å². The molecular formula is C20H15Cl3F3NO5. The molecule has 0 amide bonds. The molecule has 0 aliphatic carbocycles. The lowest BCUT2D eigenvalue weighted by Gasteiger charge is -2.14. The van der Waals surface area contributed by atoms with E-state index in [-0.39, 0.29) is 39.4 Å². The molecular weight excluding hydrogens is 498 g/mol. The van der Waals surface area contributed by atoms with E-state index in [0.29, 0.717) is 11.6 Å². The zero-order chi connectivity index (χ0) is 23.9. The van der Waals surface area contributed by atoms with Gasteiger partial charge in [-0.1, -0.05) is 64.2 Å². The molecule has 0 unspecified atom stereocenters. The molecule has 0 fully saturated rings. The Hall–Kier alpha value is -2.62. The number of alkyl halides is 3. The average molecular weight is 513 g/mol. The van der Waals surface area contributed by atoms with E-state index >= 15 is 0 Å². The summed E-state index contributed by atoms with van der Waals surface area (Å²) in [6, 6.07) is 9.20. The van der Waals surface area contributed by atoms with Gasteiger partial charge in [0.1, 0.15) is 31.1 Å². The number of rotatable bonds is 9. The quantitative estimate of drug-likeness (QED) is 0.326. The zero-order valence-corrected chi connectivity index (χ0v) is 18.5. The molecule has 0 aliphatic heterocycles. The molecule has 2 aromatic rings. The first-order chi connectivity index (χ1) is 15.0. The van der Waals surface area contributed by atoms with Crippen LogP contribution >= 0.6 is 34.8 Å². The lowest BCUT2D eigenvalue weighted by atomic mass is 10.0. The largest absolute Gasteiger partial charge is 0.489 e. The first-order valence-corrected chi connectivity index (χ1v) is 9.78. The van der Waals surface area contributed by atoms with Gasteiger partial charge >= 0.3 is 12.1 Å². The molecule has 2 rings (SSSR count). The Labute approximate surface area is 195 Å². The highest BCUT2D eigenvalue weighted by Crippen LogP contribution is 2.37. The number of hydrogen-bond donors (Lipinski definition) is 1. The summed E-state index contributed by atoms with van der Waals surface area (Å²) in [5, 5.41) is 11.5. The summed E-state index contributed by atoms with van der Waals surface area (Å²) in [7, 11) is 1.22. The van der Waals surface area contributed by atoms with E-state index in [1.165, 1.54) is 19.2 Å². The number of carboxylic acids is 1. The Morgan fingerprint density at radius 1 is 1.16 bits per heavy atom. The van der Waals surface area contributed by atoms with Gasteiger partial charge in [-0.2, -0.15) is 13.2 Å². The van der Waals surface area contributed by atoms with Crippen LogP contribution in [0.4, 0.5) is 13.2 Å². The second-order valence-corrected chi connectivity index (χ2v) is 7.17. The van der Waals surface area contributed by atoms with Crippen molar-refractivity contribution in [2.75, 3.05) is 13.7 Å². The molecule has 0 saturated heterocycles. The number of oxime groups is 1. The van der Waals surface area contributed by atoms with Crippen LogP contribution < -0.4 is 9.47 Å². The molecule has 0 bridgehead atoms. The summed E-state index contributed by atoms with van der Waals surface area (Å²) in [5.74, 6) is -1.12. The molecule has 0 atom stereocenters. The molecule has 0 spiro atoms. The summed E-state index contributed by atoms with van der Waals surface area (Å²) >= 11 is 17.3. The van der Waals surface area contributed by atoms with E-state index in [9.17, 15) is 23.1 Å². The fraction of sp³-hybridized carbons (Fsp3) is 0.200. The standard InChI is InChI=1S/C20H15Cl3F3NO5/c1-30-27-17(19(28)29)13-5-3-2-4-11(13)10-32-12-8-14(21)18(15(22)9-12)31-7-6-16(23)20(24,25)26/h2-6,8-9H,7,10H2,1H3,(H,28,29). The topological polar surface area (TPSA) is 77.4 Å². The molecule has 0 heterocycles. The molecule has 1 N–H and O–H groups in total. The number of nitrogens with zero attached hydrogens (tertiary/aromatic N) is 1. The lowest BCUT2D eigenvalue weighted by molar-refractivity contribution is -0.129. The van der Waals surface area contributed by atoms with E-state index in [2.05, 4.69) is 9.99 Å². The predicted octanol–water partition coefficient (Wildman–Crippen LogP) is 6.07. The van der Waals surface area contributed by atoms with Crippen molar-refractivity contribution >= 4 is 46.5 Å². The highest BCUT2D eigenvalue weighted by atomic mass is 35.5. The SMILES string of the molecule is CON=C(C(=O)O)c1ccccc1COc1cc(Cl)c(OCC=C(Cl)C(F)(F)F)c(Cl)c1. The predicted molar refractivity (Wildman–Crippen MR) is 114 cm³/mol. The number of halogens is 6. The summed E-state index contributed by atoms with van der Waals surface area (Å²) in [6.45, 7) is -0.578. The normalized spacial score (nSPS) is 12.5. The van der Waals surface area contributed by atoms with Crippen LogP contribution in [0.1, 0.15) is 11.1 Å². The van der Waals surface area contributed by atoms with Gasteiger partial charge < -0.3 is 19.4 Å². The summed E-state index contributed by atoms with van der Waals surface area (Å²) in [4.78, 5) is 16.0. The van der Waals surface area contributed by atoms with Crippen LogP contribution in [0.5, 0.6) is 11.5 Å². The first-order valence-electron chi connectivity index (χ1n) is 8.64. The monoisotopic (exact) mass is 511 g/mol. The Kier molecular flexibility index (Phi) is 9.06. The molecule has 0 aliphatic rings. The highest BCUT2D eigenvalue weighted by molar-refractivity contribution is 6.42. The van der Waals surface area contributed by atoms with Gasteiger partial charge in [-0.15, -0.1) is 0 Å². The van der Waals surface area contributed by atoms with Crippen LogP contribution in [0.15, 0.2) is 52.7 Å². The highest BCUT2D eigenvalue weighted by Gasteiger charge is 2.32. The minimum Gasteiger partial charge on any atom is -0.489 e. The van der Waals surface area contributed by atoms with Gasteiger partial charge in [0.25, 0.3) is 0 Å². The van der Waals surface area contributed by atoms with Crippen LogP contribution in [0.2, 0.25) is 10.0 Å². The maximum atomic E-state index is 12.4. The van der Waals surface area contributed by atoms with E-state index in [4.69, 9.17) is 44.3 Å². The van der Waals surface area contributed by atoms with Crippen LogP contribution in [-0.4, -0.2) is 36.7 Å². The van der Waals surface area contributed by atoms with Crippen molar-refractivity contribution in [3.63, 3.8) is 0 Å². The second-order valence-electron chi connectivity index (χ2n) is 5.95. The first kappa shape index (κ1) is 25.6. The van der Waals surface area contributed by atoms with Crippen LogP contribution in [0.25, 0.3) is 0 Å². The minimum absolute atomic E-state index is 0.00973. The molecule has 172 valence electrons. The van der Waals surface area contributed by atoms with Gasteiger partial charge in [0.15, 0.2) is 11.5 Å². The van der Waals surface area contributed by atoms with Crippen molar-refractivity contribution in [3.8, 4) is 11.5 Å². The third kappa shape index (κ3) is 6.94. The van der Waals surface area contributed by atoms with Crippen LogP contribution in [-0.2, 0) is 16.2 Å². The van der Waals surface area contributed by atoms with Gasteiger partial charge in [0.2, 0.25) is 0 Å². The third-order valence-electron chi connectivity index (χ3n) is 3.78. The van der Waals surface area contributed by atoms with Crippen molar-refractivity contribution in [2.24, 2.45) is 5.16 Å². The Morgan fingerprint density at radius 3 is 2.34 bits per heavy atom. The van der Waals surface area contributed by atoms with Crippen molar-refractivity contribution in [3.05, 3.63) is 68.7 Å². The number of hydrogen-bond acceptors (Lipinski definition) is 5. The van der Waals surface area contributed by atoms with Crippen LogP contribution in [0, 0.1) is 0 Å². The van der Waals surface area contributed by atoms with Gasteiger partial charge in [0.05, 0.1) is 10.0 Å². The summed E-state index contributed by atoms with van der Waals surface area (Å²) < 4.78 is 48.0. The Bertz CT molecular complexity index is 1020. The van der Waals surface area contributed by atoms with Crippen LogP contribution in [0.3, 0.4) is 0 Å². The van der Waals surface area contributed by atoms with Gasteiger partial charge in [-0.25, -0.2) is 4.79 Å². The van der Waals surface area contributed by atoms with Crippen molar-refractivity contribution < 1.29 is 37.4 Å². The number of carbonyl (C=O) groups is 1. The van der Waals surface area contributed by atoms with E-state index in [1.807, 2.05) is 0 Å². The molecule has 6 nitrogen and oxygen atoms in total. The van der Waals surface area contributed by atoms with E-state index in [0.717, 1.165) is 0 Å². The smallest absolute Gasteiger partial charge is 0.426 e. The molecule has 12 heteroatoms. The van der Waals surface area contributed by atoms with E-state index in [1.54, 1.807) is 24.3 Å². The number of aliphatic carboxylic acids is 1. The lowest BCUT2D eigenvalue weighted by Crippen LogP contribution is -2.17. The van der Waals surface area contributed by atoms with E-state index < -0.39 is 23.8 Å². The minimum atomic E-state index is -4.68. The Balaban J connectivity index is 2.16. The molecule has 0 saturated carbocycles. The molecule has 32 heavy (non-hydrogen) atoms. The van der Waals surface area contributed by atoms with Gasteiger partial charge in [-0.3, -0.25) is 0 Å². The summed E-state index contributed by atoms with van der Waals surface area (Å²) in [6.07, 6.45) is -4.04. The number of allylic oxidation sites excluding steroid dienone is 1. The molecule has 0 radical (unpaired) electrons.